The molecule has 94 valence electrons. The molecule has 2 aliphatic rings. The summed E-state index contributed by atoms with van der Waals surface area (Å²) in [7, 11) is 0. The number of hydrogen-bond donors (Lipinski definition) is 1. The van der Waals surface area contributed by atoms with Gasteiger partial charge in [-0.15, -0.1) is 0 Å². The Morgan fingerprint density at radius 2 is 1.88 bits per heavy atom. The van der Waals surface area contributed by atoms with Crippen LogP contribution in [-0.4, -0.2) is 12.1 Å². The zero-order valence-corrected chi connectivity index (χ0v) is 11.4. The van der Waals surface area contributed by atoms with Gasteiger partial charge in [0, 0.05) is 5.54 Å². The first-order valence-corrected chi connectivity index (χ1v) is 7.37. The first-order chi connectivity index (χ1) is 7.62. The molecule has 0 aromatic rings. The van der Waals surface area contributed by atoms with Crippen molar-refractivity contribution >= 4 is 0 Å². The van der Waals surface area contributed by atoms with Gasteiger partial charge in [0.05, 0.1) is 0 Å². The van der Waals surface area contributed by atoms with Crippen molar-refractivity contribution in [3.63, 3.8) is 0 Å². The van der Waals surface area contributed by atoms with Crippen LogP contribution in [-0.2, 0) is 0 Å². The summed E-state index contributed by atoms with van der Waals surface area (Å²) in [6.45, 7) is 8.45. The van der Waals surface area contributed by atoms with Gasteiger partial charge in [0.1, 0.15) is 0 Å². The normalized spacial score (nSPS) is 40.5. The Morgan fingerprint density at radius 3 is 2.38 bits per heavy atom. The number of nitrogens with one attached hydrogen (secondary N) is 1. The number of rotatable bonds is 3. The van der Waals surface area contributed by atoms with E-state index in [0.717, 1.165) is 17.8 Å². The zero-order chi connectivity index (χ0) is 11.6. The van der Waals surface area contributed by atoms with Crippen molar-refractivity contribution in [2.75, 3.05) is 6.54 Å². The van der Waals surface area contributed by atoms with Gasteiger partial charge in [-0.05, 0) is 56.4 Å². The third kappa shape index (κ3) is 2.61. The summed E-state index contributed by atoms with van der Waals surface area (Å²) in [5.74, 6) is 2.78. The molecule has 0 spiro atoms. The van der Waals surface area contributed by atoms with Gasteiger partial charge >= 0.3 is 0 Å². The lowest BCUT2D eigenvalue weighted by Gasteiger charge is -2.42. The second-order valence-corrected chi connectivity index (χ2v) is 6.74. The van der Waals surface area contributed by atoms with Crippen LogP contribution in [0.3, 0.4) is 0 Å². The Morgan fingerprint density at radius 1 is 1.19 bits per heavy atom. The van der Waals surface area contributed by atoms with E-state index in [9.17, 15) is 0 Å². The molecule has 1 saturated heterocycles. The quantitative estimate of drug-likeness (QED) is 0.763. The summed E-state index contributed by atoms with van der Waals surface area (Å²) in [6, 6.07) is 0. The molecule has 1 nitrogen and oxygen atoms in total. The molecule has 0 radical (unpaired) electrons. The average molecular weight is 223 g/mol. The second kappa shape index (κ2) is 5.08. The zero-order valence-electron chi connectivity index (χ0n) is 11.4. The fourth-order valence-corrected chi connectivity index (χ4v) is 4.06. The molecule has 0 aromatic heterocycles. The molecule has 16 heavy (non-hydrogen) atoms. The van der Waals surface area contributed by atoms with E-state index in [1.807, 2.05) is 0 Å². The highest BCUT2D eigenvalue weighted by Crippen LogP contribution is 2.42. The molecular formula is C15H29N. The summed E-state index contributed by atoms with van der Waals surface area (Å²) in [6.07, 6.45) is 10.1. The second-order valence-electron chi connectivity index (χ2n) is 6.74. The maximum Gasteiger partial charge on any atom is 0.0212 e. The molecule has 2 rings (SSSR count). The smallest absolute Gasteiger partial charge is 0.0212 e. The third-order valence-electron chi connectivity index (χ3n) is 4.85. The van der Waals surface area contributed by atoms with Crippen LogP contribution in [0, 0.1) is 17.8 Å². The lowest BCUT2D eigenvalue weighted by molar-refractivity contribution is 0.135. The van der Waals surface area contributed by atoms with Crippen LogP contribution in [0.25, 0.3) is 0 Å². The van der Waals surface area contributed by atoms with Crippen molar-refractivity contribution < 1.29 is 0 Å². The predicted molar refractivity (Wildman–Crippen MR) is 70.5 cm³/mol. The van der Waals surface area contributed by atoms with E-state index in [2.05, 4.69) is 26.1 Å². The van der Waals surface area contributed by atoms with Gasteiger partial charge in [-0.3, -0.25) is 0 Å². The van der Waals surface area contributed by atoms with E-state index in [1.54, 1.807) is 0 Å². The lowest BCUT2D eigenvalue weighted by Crippen LogP contribution is -2.48. The van der Waals surface area contributed by atoms with E-state index in [1.165, 1.54) is 51.5 Å². The van der Waals surface area contributed by atoms with Crippen LogP contribution in [0.5, 0.6) is 0 Å². The minimum Gasteiger partial charge on any atom is -0.311 e. The molecule has 0 aromatic carbocycles. The van der Waals surface area contributed by atoms with Gasteiger partial charge in [0.25, 0.3) is 0 Å². The van der Waals surface area contributed by atoms with Crippen molar-refractivity contribution in [3.05, 3.63) is 0 Å². The highest BCUT2D eigenvalue weighted by Gasteiger charge is 2.41. The molecule has 1 N–H and O–H groups in total. The van der Waals surface area contributed by atoms with Gasteiger partial charge < -0.3 is 5.32 Å². The van der Waals surface area contributed by atoms with Crippen molar-refractivity contribution in [1.82, 2.24) is 5.32 Å². The van der Waals surface area contributed by atoms with Crippen LogP contribution in [0.1, 0.15) is 65.7 Å². The van der Waals surface area contributed by atoms with Crippen LogP contribution in [0.2, 0.25) is 0 Å². The molecule has 1 aliphatic carbocycles. The average Bonchev–Trinajstić information content (AvgIpc) is 2.67. The van der Waals surface area contributed by atoms with Crippen molar-refractivity contribution in [1.29, 1.82) is 0 Å². The summed E-state index contributed by atoms with van der Waals surface area (Å²) < 4.78 is 0. The van der Waals surface area contributed by atoms with E-state index < -0.39 is 0 Å². The van der Waals surface area contributed by atoms with Crippen molar-refractivity contribution in [3.8, 4) is 0 Å². The molecule has 1 atom stereocenters. The highest BCUT2D eigenvalue weighted by molar-refractivity contribution is 5.00. The van der Waals surface area contributed by atoms with Gasteiger partial charge in [0.15, 0.2) is 0 Å². The molecule has 1 saturated carbocycles. The SMILES string of the molecule is CC(C)CC1(C2CCC(C)CC2)CCCN1. The molecule has 1 heteroatoms. The largest absolute Gasteiger partial charge is 0.311 e. The van der Waals surface area contributed by atoms with Crippen LogP contribution < -0.4 is 5.32 Å². The molecule has 1 heterocycles. The van der Waals surface area contributed by atoms with Gasteiger partial charge in [-0.1, -0.05) is 33.6 Å². The number of hydrogen-bond acceptors (Lipinski definition) is 1. The van der Waals surface area contributed by atoms with Crippen molar-refractivity contribution in [2.45, 2.75) is 71.3 Å². The van der Waals surface area contributed by atoms with E-state index in [-0.39, 0.29) is 0 Å². The molecule has 2 fully saturated rings. The Kier molecular flexibility index (Phi) is 3.94. The summed E-state index contributed by atoms with van der Waals surface area (Å²) in [5.41, 5.74) is 0.522. The molecule has 1 unspecified atom stereocenters. The molecule has 1 aliphatic heterocycles. The molecule has 0 amide bonds. The van der Waals surface area contributed by atoms with Crippen LogP contribution >= 0.6 is 0 Å². The maximum absolute atomic E-state index is 3.89. The fraction of sp³-hybridized carbons (Fsp3) is 1.00. The Hall–Kier alpha value is -0.0400. The minimum absolute atomic E-state index is 0.522. The van der Waals surface area contributed by atoms with Crippen molar-refractivity contribution in [2.24, 2.45) is 17.8 Å². The Balaban J connectivity index is 2.01. The van der Waals surface area contributed by atoms with Crippen LogP contribution in [0.15, 0.2) is 0 Å². The fourth-order valence-electron chi connectivity index (χ4n) is 4.06. The first-order valence-electron chi connectivity index (χ1n) is 7.37. The summed E-state index contributed by atoms with van der Waals surface area (Å²) >= 11 is 0. The van der Waals surface area contributed by atoms with Gasteiger partial charge in [-0.25, -0.2) is 0 Å². The summed E-state index contributed by atoms with van der Waals surface area (Å²) in [5, 5.41) is 3.89. The predicted octanol–water partition coefficient (Wildman–Crippen LogP) is 3.98. The van der Waals surface area contributed by atoms with Crippen LogP contribution in [0.4, 0.5) is 0 Å². The van der Waals surface area contributed by atoms with E-state index >= 15 is 0 Å². The molecule has 0 bridgehead atoms. The van der Waals surface area contributed by atoms with E-state index in [0.29, 0.717) is 5.54 Å². The maximum atomic E-state index is 3.89. The van der Waals surface area contributed by atoms with Gasteiger partial charge in [0.2, 0.25) is 0 Å². The Bertz CT molecular complexity index is 207. The molecular weight excluding hydrogens is 194 g/mol. The lowest BCUT2D eigenvalue weighted by atomic mass is 9.68. The Labute approximate surface area is 101 Å². The van der Waals surface area contributed by atoms with Gasteiger partial charge in [-0.2, -0.15) is 0 Å². The van der Waals surface area contributed by atoms with E-state index in [4.69, 9.17) is 0 Å². The topological polar surface area (TPSA) is 12.0 Å². The monoisotopic (exact) mass is 223 g/mol. The first kappa shape index (κ1) is 12.4. The standard InChI is InChI=1S/C15H29N/c1-12(2)11-15(9-4-10-16-15)14-7-5-13(3)6-8-14/h12-14,16H,4-11H2,1-3H3. The summed E-state index contributed by atoms with van der Waals surface area (Å²) in [4.78, 5) is 0. The highest BCUT2D eigenvalue weighted by atomic mass is 15.0. The third-order valence-corrected chi connectivity index (χ3v) is 4.85. The minimum atomic E-state index is 0.522.